The maximum Gasteiger partial charge on any atom is 0.338 e. The van der Waals surface area contributed by atoms with Gasteiger partial charge in [-0.15, -0.1) is 21.9 Å². The predicted octanol–water partition coefficient (Wildman–Crippen LogP) is 5.94. The maximum atomic E-state index is 13.8. The van der Waals surface area contributed by atoms with Crippen molar-refractivity contribution in [2.45, 2.75) is 37.0 Å². The van der Waals surface area contributed by atoms with Crippen LogP contribution < -0.4 is 25.0 Å². The molecule has 0 bridgehead atoms. The van der Waals surface area contributed by atoms with Crippen LogP contribution in [0.25, 0.3) is 11.1 Å². The van der Waals surface area contributed by atoms with Crippen molar-refractivity contribution in [3.05, 3.63) is 127 Å². The molecule has 4 aromatic carbocycles. The molecule has 1 N–H and O–H groups in total. The number of benzene rings is 3. The Kier molecular flexibility index (Phi) is 11.0. The van der Waals surface area contributed by atoms with Crippen molar-refractivity contribution in [3.63, 3.8) is 0 Å². The van der Waals surface area contributed by atoms with Crippen molar-refractivity contribution in [3.8, 4) is 28.4 Å². The molecule has 0 saturated heterocycles. The molecule has 0 heterocycles. The van der Waals surface area contributed by atoms with Gasteiger partial charge in [0.25, 0.3) is 11.0 Å². The molecule has 1 aliphatic carbocycles. The molecule has 1 atom stereocenters. The van der Waals surface area contributed by atoms with Crippen LogP contribution in [0.3, 0.4) is 0 Å². The van der Waals surface area contributed by atoms with E-state index < -0.39 is 17.1 Å². The fraction of sp³-hybridized carbons (Fsp3) is 0.250. The fourth-order valence-corrected chi connectivity index (χ4v) is 6.28. The van der Waals surface area contributed by atoms with E-state index in [1.165, 1.54) is 23.9 Å². The van der Waals surface area contributed by atoms with Crippen LogP contribution >= 0.6 is 11.8 Å². The summed E-state index contributed by atoms with van der Waals surface area (Å²) in [5.74, 6) is 0.436. The van der Waals surface area contributed by atoms with E-state index in [9.17, 15) is 24.5 Å². The number of hydrogen-bond acceptors (Lipinski definition) is 11. The largest absolute Gasteiger partial charge is 0.493 e. The zero-order chi connectivity index (χ0) is 35.1. The van der Waals surface area contributed by atoms with Gasteiger partial charge in [0, 0.05) is 11.1 Å². The van der Waals surface area contributed by atoms with E-state index in [1.54, 1.807) is 69.9 Å². The molecule has 0 fully saturated rings. The highest BCUT2D eigenvalue weighted by Crippen LogP contribution is 2.49. The van der Waals surface area contributed by atoms with Crippen LogP contribution in [0, 0.1) is 10.1 Å². The van der Waals surface area contributed by atoms with Gasteiger partial charge in [-0.25, -0.2) is 4.79 Å². The summed E-state index contributed by atoms with van der Waals surface area (Å²) in [6.07, 6.45) is 2.79. The monoisotopic (exact) mass is 686 g/mol. The molecule has 49 heavy (non-hydrogen) atoms. The number of ether oxygens (including phenoxy) is 4. The Morgan fingerprint density at radius 1 is 0.878 bits per heavy atom. The van der Waals surface area contributed by atoms with E-state index in [-0.39, 0.29) is 30.1 Å². The van der Waals surface area contributed by atoms with Gasteiger partial charge in [0.1, 0.15) is 13.2 Å². The first-order valence-electron chi connectivity index (χ1n) is 15.1. The number of carbonyl (C=O) groups is 2. The third-order valence-corrected chi connectivity index (χ3v) is 8.88. The van der Waals surface area contributed by atoms with Crippen LogP contribution in [0.1, 0.15) is 55.4 Å². The van der Waals surface area contributed by atoms with Gasteiger partial charge in [-0.1, -0.05) is 30.3 Å². The van der Waals surface area contributed by atoms with Crippen LogP contribution in [-0.4, -0.2) is 44.5 Å². The minimum Gasteiger partial charge on any atom is -0.493 e. The number of fused-ring (bicyclic) bond motifs is 3. The smallest absolute Gasteiger partial charge is 0.338 e. The van der Waals surface area contributed by atoms with Crippen LogP contribution in [0.2, 0.25) is 0 Å². The Morgan fingerprint density at radius 2 is 1.57 bits per heavy atom. The molecule has 1 amide bonds. The van der Waals surface area contributed by atoms with E-state index >= 15 is 0 Å². The number of esters is 1. The SMILES string of the molecule is COc1cc2c(c(OC)c1OC)CC[C@H](NC(=O)c1cccc(COC(=O)c3cccc(CO[N+](=O)[O-])c3)c1)c1cc(=O)c(SC)ccc1-2. The van der Waals surface area contributed by atoms with Gasteiger partial charge in [0.2, 0.25) is 5.75 Å². The van der Waals surface area contributed by atoms with Crippen LogP contribution in [0.15, 0.2) is 82.5 Å². The van der Waals surface area contributed by atoms with E-state index in [0.717, 1.165) is 16.7 Å². The number of hydrogen-bond donors (Lipinski definition) is 1. The number of rotatable bonds is 12. The summed E-state index contributed by atoms with van der Waals surface area (Å²) in [5.41, 5.74) is 4.47. The highest BCUT2D eigenvalue weighted by molar-refractivity contribution is 7.98. The zero-order valence-corrected chi connectivity index (χ0v) is 28.1. The molecule has 0 saturated carbocycles. The first-order chi connectivity index (χ1) is 23.7. The normalized spacial score (nSPS) is 13.2. The second kappa shape index (κ2) is 15.6. The molecular formula is C36H34N2O10S. The molecule has 254 valence electrons. The van der Waals surface area contributed by atoms with Crippen molar-refractivity contribution in [2.75, 3.05) is 27.6 Å². The van der Waals surface area contributed by atoms with E-state index in [0.29, 0.717) is 57.2 Å². The lowest BCUT2D eigenvalue weighted by atomic mass is 9.96. The summed E-state index contributed by atoms with van der Waals surface area (Å²) in [6, 6.07) is 19.4. The van der Waals surface area contributed by atoms with Gasteiger partial charge >= 0.3 is 5.97 Å². The highest BCUT2D eigenvalue weighted by atomic mass is 32.2. The molecule has 0 spiro atoms. The first-order valence-corrected chi connectivity index (χ1v) is 16.4. The lowest BCUT2D eigenvalue weighted by Gasteiger charge is -2.19. The second-order valence-corrected chi connectivity index (χ2v) is 11.8. The third kappa shape index (κ3) is 7.78. The molecule has 12 nitrogen and oxygen atoms in total. The average Bonchev–Trinajstić information content (AvgIpc) is 3.36. The number of amides is 1. The van der Waals surface area contributed by atoms with Gasteiger partial charge < -0.3 is 29.1 Å². The summed E-state index contributed by atoms with van der Waals surface area (Å²) < 4.78 is 22.6. The molecule has 1 aliphatic rings. The van der Waals surface area contributed by atoms with Crippen molar-refractivity contribution in [1.29, 1.82) is 0 Å². The molecule has 5 rings (SSSR count). The Bertz CT molecular complexity index is 1970. The predicted molar refractivity (Wildman–Crippen MR) is 182 cm³/mol. The summed E-state index contributed by atoms with van der Waals surface area (Å²) in [4.78, 5) is 55.2. The summed E-state index contributed by atoms with van der Waals surface area (Å²) in [7, 11) is 4.64. The second-order valence-electron chi connectivity index (χ2n) is 11.0. The third-order valence-electron chi connectivity index (χ3n) is 8.11. The van der Waals surface area contributed by atoms with Crippen molar-refractivity contribution in [2.24, 2.45) is 0 Å². The van der Waals surface area contributed by atoms with Gasteiger partial charge in [0.05, 0.1) is 37.8 Å². The van der Waals surface area contributed by atoms with Gasteiger partial charge in [-0.2, -0.15) is 0 Å². The van der Waals surface area contributed by atoms with Crippen molar-refractivity contribution in [1.82, 2.24) is 5.32 Å². The summed E-state index contributed by atoms with van der Waals surface area (Å²) in [6.45, 7) is -0.417. The minimum atomic E-state index is -0.907. The highest BCUT2D eigenvalue weighted by Gasteiger charge is 2.29. The standard InChI is InChI=1S/C36H34N2O10S/c1-44-31-18-27-25-12-14-32(49-4)30(39)17-28(25)29(13-11-26(27)33(45-2)34(31)46-3)37-35(40)23-9-5-7-21(15-23)19-47-36(41)24-10-6-8-22(16-24)20-48-38(42)43/h5-10,12,14-18,29H,11,13,19-20H2,1-4H3,(H,37,40)/t29-/m0/s1. The van der Waals surface area contributed by atoms with Gasteiger partial charge in [-0.3, -0.25) is 9.59 Å². The molecule has 13 heteroatoms. The van der Waals surface area contributed by atoms with Gasteiger partial charge in [-0.05, 0) is 89.4 Å². The van der Waals surface area contributed by atoms with Crippen LogP contribution in [0.5, 0.6) is 17.2 Å². The first kappa shape index (κ1) is 34.8. The van der Waals surface area contributed by atoms with E-state index in [4.69, 9.17) is 18.9 Å². The van der Waals surface area contributed by atoms with Crippen LogP contribution in [0.4, 0.5) is 0 Å². The number of thioether (sulfide) groups is 1. The molecule has 4 aromatic rings. The summed E-state index contributed by atoms with van der Waals surface area (Å²) >= 11 is 1.34. The Labute approximate surface area is 286 Å². The van der Waals surface area contributed by atoms with Crippen molar-refractivity contribution >= 4 is 23.6 Å². The number of nitrogens with zero attached hydrogens (tertiary/aromatic N) is 1. The maximum absolute atomic E-state index is 13.8. The minimum absolute atomic E-state index is 0.118. The molecule has 0 radical (unpaired) electrons. The molecule has 0 unspecified atom stereocenters. The van der Waals surface area contributed by atoms with E-state index in [1.807, 2.05) is 18.4 Å². The average molecular weight is 687 g/mol. The molecular weight excluding hydrogens is 652 g/mol. The lowest BCUT2D eigenvalue weighted by molar-refractivity contribution is -0.763. The quantitative estimate of drug-likeness (QED) is 0.0815. The van der Waals surface area contributed by atoms with Crippen LogP contribution in [-0.2, 0) is 29.2 Å². The summed E-state index contributed by atoms with van der Waals surface area (Å²) in [5, 5.41) is 12.7. The van der Waals surface area contributed by atoms with E-state index in [2.05, 4.69) is 10.2 Å². The zero-order valence-electron chi connectivity index (χ0n) is 27.3. The number of carbonyl (C=O) groups excluding carboxylic acids is 2. The van der Waals surface area contributed by atoms with Gasteiger partial charge in [0.15, 0.2) is 16.9 Å². The number of methoxy groups -OCH3 is 3. The topological polar surface area (TPSA) is 153 Å². The number of nitrogens with one attached hydrogen (secondary N) is 1. The Hall–Kier alpha value is -5.56. The van der Waals surface area contributed by atoms with Crippen molar-refractivity contribution < 1.29 is 38.5 Å². The Balaban J connectivity index is 1.40. The fourth-order valence-electron chi connectivity index (χ4n) is 5.82. The Morgan fingerprint density at radius 3 is 2.24 bits per heavy atom. The lowest BCUT2D eigenvalue weighted by Crippen LogP contribution is -2.29. The molecule has 0 aliphatic heterocycles. The molecule has 0 aromatic heterocycles.